The van der Waals surface area contributed by atoms with Gasteiger partial charge in [-0.2, -0.15) is 5.26 Å². The van der Waals surface area contributed by atoms with Crippen molar-refractivity contribution < 1.29 is 13.2 Å². The lowest BCUT2D eigenvalue weighted by Crippen LogP contribution is -1.96. The molecule has 3 aromatic rings. The third-order valence-corrected chi connectivity index (χ3v) is 4.46. The molecule has 5 heteroatoms. The topological polar surface area (TPSA) is 49.8 Å². The van der Waals surface area contributed by atoms with Crippen molar-refractivity contribution in [3.8, 4) is 17.2 Å². The van der Waals surface area contributed by atoms with Crippen LogP contribution < -0.4 is 0 Å². The predicted molar refractivity (Wildman–Crippen MR) is 85.6 cm³/mol. The quantitative estimate of drug-likeness (QED) is 0.668. The molecule has 1 aliphatic rings. The maximum Gasteiger partial charge on any atom is 0.198 e. The van der Waals surface area contributed by atoms with E-state index in [0.717, 1.165) is 12.8 Å². The van der Waals surface area contributed by atoms with Gasteiger partial charge in [0, 0.05) is 11.5 Å². The van der Waals surface area contributed by atoms with Gasteiger partial charge in [0.2, 0.25) is 0 Å². The van der Waals surface area contributed by atoms with Gasteiger partial charge in [-0.3, -0.25) is 0 Å². The summed E-state index contributed by atoms with van der Waals surface area (Å²) < 4.78 is 33.7. The zero-order chi connectivity index (χ0) is 16.8. The van der Waals surface area contributed by atoms with E-state index in [9.17, 15) is 9.65 Å². The van der Waals surface area contributed by atoms with Crippen molar-refractivity contribution in [3.63, 3.8) is 0 Å². The van der Waals surface area contributed by atoms with Crippen LogP contribution in [0.5, 0.6) is 0 Å². The molecule has 1 saturated carbocycles. The van der Waals surface area contributed by atoms with E-state index in [-0.39, 0.29) is 22.6 Å². The fourth-order valence-electron chi connectivity index (χ4n) is 3.03. The molecule has 0 unspecified atom stereocenters. The average Bonchev–Trinajstić information content (AvgIpc) is 3.35. The molecule has 3 nitrogen and oxygen atoms in total. The lowest BCUT2D eigenvalue weighted by atomic mass is 9.94. The standard InChI is InChI=1S/C19H14F2N2O/c1-10-14(9-22)17-18(24-19(23-17)12-5-6-12)16(21)15(10)13-4-2-3-11(7-13)8-20/h2-4,7,12H,5-6,8H2,1H3. The van der Waals surface area contributed by atoms with Crippen molar-refractivity contribution in [2.75, 3.05) is 0 Å². The Kier molecular flexibility index (Phi) is 3.34. The van der Waals surface area contributed by atoms with Gasteiger partial charge in [0.15, 0.2) is 17.3 Å². The minimum Gasteiger partial charge on any atom is -0.437 e. The maximum atomic E-state index is 15.1. The van der Waals surface area contributed by atoms with Crippen LogP contribution in [0, 0.1) is 24.1 Å². The number of halogens is 2. The van der Waals surface area contributed by atoms with Gasteiger partial charge < -0.3 is 4.42 Å². The Morgan fingerprint density at radius 2 is 2.17 bits per heavy atom. The van der Waals surface area contributed by atoms with E-state index >= 15 is 4.39 Å². The number of benzene rings is 2. The van der Waals surface area contributed by atoms with Crippen LogP contribution in [0.25, 0.3) is 22.2 Å². The second-order valence-electron chi connectivity index (χ2n) is 6.14. The fraction of sp³-hybridized carbons (Fsp3) is 0.263. The molecule has 1 aliphatic carbocycles. The van der Waals surface area contributed by atoms with E-state index in [1.54, 1.807) is 31.2 Å². The molecule has 1 aromatic heterocycles. The maximum absolute atomic E-state index is 15.1. The van der Waals surface area contributed by atoms with Crippen molar-refractivity contribution in [1.29, 1.82) is 5.26 Å². The molecular formula is C19H14F2N2O. The number of oxazole rings is 1. The van der Waals surface area contributed by atoms with Crippen molar-refractivity contribution >= 4 is 11.1 Å². The molecular weight excluding hydrogens is 310 g/mol. The van der Waals surface area contributed by atoms with Gasteiger partial charge in [0.25, 0.3) is 0 Å². The van der Waals surface area contributed by atoms with Crippen LogP contribution in [0.3, 0.4) is 0 Å². The Balaban J connectivity index is 2.03. The number of nitrogens with zero attached hydrogens (tertiary/aromatic N) is 2. The van der Waals surface area contributed by atoms with Gasteiger partial charge in [-0.05, 0) is 42.5 Å². The molecule has 0 N–H and O–H groups in total. The first kappa shape index (κ1) is 14.8. The second kappa shape index (κ2) is 5.41. The number of hydrogen-bond donors (Lipinski definition) is 0. The number of fused-ring (bicyclic) bond motifs is 1. The molecule has 0 spiro atoms. The van der Waals surface area contributed by atoms with E-state index in [1.165, 1.54) is 0 Å². The molecule has 0 amide bonds. The van der Waals surface area contributed by atoms with Crippen LogP contribution in [0.15, 0.2) is 28.7 Å². The first-order chi connectivity index (χ1) is 11.6. The Labute approximate surface area is 137 Å². The second-order valence-corrected chi connectivity index (χ2v) is 6.14. The predicted octanol–water partition coefficient (Wildman–Crippen LogP) is 5.16. The van der Waals surface area contributed by atoms with E-state index in [1.807, 2.05) is 0 Å². The Morgan fingerprint density at radius 3 is 2.83 bits per heavy atom. The molecule has 0 atom stereocenters. The summed E-state index contributed by atoms with van der Waals surface area (Å²) in [5, 5.41) is 9.53. The summed E-state index contributed by atoms with van der Waals surface area (Å²) in [5.74, 6) is 0.174. The van der Waals surface area contributed by atoms with Gasteiger partial charge in [0.1, 0.15) is 18.3 Å². The minimum absolute atomic E-state index is 0.0136. The summed E-state index contributed by atoms with van der Waals surface area (Å²) in [6.45, 7) is 1.06. The van der Waals surface area contributed by atoms with E-state index in [0.29, 0.717) is 28.1 Å². The molecule has 0 saturated heterocycles. The van der Waals surface area contributed by atoms with Crippen LogP contribution in [-0.2, 0) is 6.67 Å². The van der Waals surface area contributed by atoms with E-state index < -0.39 is 12.5 Å². The molecule has 2 aromatic carbocycles. The monoisotopic (exact) mass is 324 g/mol. The normalized spacial score (nSPS) is 14.1. The number of rotatable bonds is 3. The Bertz CT molecular complexity index is 997. The van der Waals surface area contributed by atoms with Crippen molar-refractivity contribution in [1.82, 2.24) is 4.98 Å². The van der Waals surface area contributed by atoms with Crippen LogP contribution in [0.2, 0.25) is 0 Å². The van der Waals surface area contributed by atoms with Crippen molar-refractivity contribution in [2.24, 2.45) is 0 Å². The van der Waals surface area contributed by atoms with Crippen LogP contribution >= 0.6 is 0 Å². The molecule has 4 rings (SSSR count). The lowest BCUT2D eigenvalue weighted by Gasteiger charge is -2.10. The van der Waals surface area contributed by atoms with Gasteiger partial charge in [0.05, 0.1) is 5.56 Å². The van der Waals surface area contributed by atoms with Gasteiger partial charge >= 0.3 is 0 Å². The average molecular weight is 324 g/mol. The molecule has 0 bridgehead atoms. The largest absolute Gasteiger partial charge is 0.437 e. The zero-order valence-corrected chi connectivity index (χ0v) is 13.1. The van der Waals surface area contributed by atoms with E-state index in [4.69, 9.17) is 4.42 Å². The van der Waals surface area contributed by atoms with Crippen LogP contribution in [0.1, 0.15) is 41.3 Å². The smallest absolute Gasteiger partial charge is 0.198 e. The number of alkyl halides is 1. The van der Waals surface area contributed by atoms with E-state index in [2.05, 4.69) is 11.1 Å². The highest BCUT2D eigenvalue weighted by molar-refractivity contribution is 5.89. The van der Waals surface area contributed by atoms with Gasteiger partial charge in [-0.15, -0.1) is 0 Å². The van der Waals surface area contributed by atoms with Gasteiger partial charge in [-0.25, -0.2) is 13.8 Å². The summed E-state index contributed by atoms with van der Waals surface area (Å²) in [5.41, 5.74) is 2.35. The fourth-order valence-corrected chi connectivity index (χ4v) is 3.03. The molecule has 1 fully saturated rings. The SMILES string of the molecule is Cc1c(-c2cccc(CF)c2)c(F)c2oc(C3CC3)nc2c1C#N. The molecule has 1 heterocycles. The highest BCUT2D eigenvalue weighted by atomic mass is 19.1. The van der Waals surface area contributed by atoms with Crippen LogP contribution in [-0.4, -0.2) is 4.98 Å². The highest BCUT2D eigenvalue weighted by Crippen LogP contribution is 2.43. The number of nitriles is 1. The third kappa shape index (κ3) is 2.18. The lowest BCUT2D eigenvalue weighted by molar-refractivity contribution is 0.485. The molecule has 0 aliphatic heterocycles. The summed E-state index contributed by atoms with van der Waals surface area (Å²) in [6.07, 6.45) is 1.95. The number of hydrogen-bond acceptors (Lipinski definition) is 3. The summed E-state index contributed by atoms with van der Waals surface area (Å²) >= 11 is 0. The zero-order valence-electron chi connectivity index (χ0n) is 13.1. The van der Waals surface area contributed by atoms with Crippen LogP contribution in [0.4, 0.5) is 8.78 Å². The van der Waals surface area contributed by atoms with Gasteiger partial charge in [-0.1, -0.05) is 18.2 Å². The first-order valence-electron chi connectivity index (χ1n) is 7.82. The Morgan fingerprint density at radius 1 is 1.38 bits per heavy atom. The highest BCUT2D eigenvalue weighted by Gasteiger charge is 2.31. The summed E-state index contributed by atoms with van der Waals surface area (Å²) in [7, 11) is 0. The molecule has 0 radical (unpaired) electrons. The Hall–Kier alpha value is -2.74. The molecule has 24 heavy (non-hydrogen) atoms. The van der Waals surface area contributed by atoms with Crippen molar-refractivity contribution in [2.45, 2.75) is 32.4 Å². The number of aromatic nitrogens is 1. The van der Waals surface area contributed by atoms with Crippen molar-refractivity contribution in [3.05, 3.63) is 52.7 Å². The summed E-state index contributed by atoms with van der Waals surface area (Å²) in [6, 6.07) is 8.73. The first-order valence-corrected chi connectivity index (χ1v) is 7.82. The minimum atomic E-state index is -0.629. The molecule has 120 valence electrons. The third-order valence-electron chi connectivity index (χ3n) is 4.46. The summed E-state index contributed by atoms with van der Waals surface area (Å²) in [4.78, 5) is 4.35.